The third-order valence-electron chi connectivity index (χ3n) is 5.15. The fourth-order valence-electron chi connectivity index (χ4n) is 3.74. The zero-order valence-electron chi connectivity index (χ0n) is 16.1. The second kappa shape index (κ2) is 9.63. The Morgan fingerprint density at radius 1 is 0.857 bits per heavy atom. The van der Waals surface area contributed by atoms with E-state index in [0.717, 1.165) is 31.0 Å². The molecule has 0 saturated carbocycles. The molecular weight excluding hydrogens is 370 g/mol. The fraction of sp³-hybridized carbons (Fsp3) is 0.250. The highest BCUT2D eigenvalue weighted by Gasteiger charge is 2.27. The highest BCUT2D eigenvalue weighted by Crippen LogP contribution is 2.34. The van der Waals surface area contributed by atoms with E-state index in [0.29, 0.717) is 12.6 Å². The molecule has 0 bridgehead atoms. The summed E-state index contributed by atoms with van der Waals surface area (Å²) in [5, 5.41) is 0. The first kappa shape index (κ1) is 20.2. The predicted molar refractivity (Wildman–Crippen MR) is 115 cm³/mol. The number of hydrogen-bond acceptors (Lipinski definition) is 3. The van der Waals surface area contributed by atoms with Crippen LogP contribution in [-0.2, 0) is 19.5 Å². The third-order valence-corrected chi connectivity index (χ3v) is 5.15. The van der Waals surface area contributed by atoms with Crippen LogP contribution in [-0.4, -0.2) is 24.7 Å². The number of benzene rings is 3. The van der Waals surface area contributed by atoms with Crippen molar-refractivity contribution >= 4 is 12.4 Å². The summed E-state index contributed by atoms with van der Waals surface area (Å²) in [6.45, 7) is 2.49. The minimum Gasteiger partial charge on any atom is -0.496 e. The second-order valence-corrected chi connectivity index (χ2v) is 6.98. The Bertz CT molecular complexity index is 815. The topological polar surface area (TPSA) is 21.7 Å². The predicted octanol–water partition coefficient (Wildman–Crippen LogP) is 5.12. The molecular formula is C24H26ClNO2. The van der Waals surface area contributed by atoms with Crippen LogP contribution in [0.15, 0.2) is 78.9 Å². The van der Waals surface area contributed by atoms with Crippen molar-refractivity contribution in [2.75, 3.05) is 13.7 Å². The largest absolute Gasteiger partial charge is 0.496 e. The average molecular weight is 396 g/mol. The minimum atomic E-state index is 0. The van der Waals surface area contributed by atoms with Gasteiger partial charge in [-0.3, -0.25) is 4.90 Å². The normalized spacial score (nSPS) is 15.3. The lowest BCUT2D eigenvalue weighted by molar-refractivity contribution is 0.105. The van der Waals surface area contributed by atoms with E-state index in [4.69, 9.17) is 9.47 Å². The van der Waals surface area contributed by atoms with Gasteiger partial charge in [0.25, 0.3) is 0 Å². The number of rotatable bonds is 6. The van der Waals surface area contributed by atoms with E-state index in [1.165, 1.54) is 16.7 Å². The highest BCUT2D eigenvalue weighted by atomic mass is 35.5. The van der Waals surface area contributed by atoms with Gasteiger partial charge < -0.3 is 9.47 Å². The highest BCUT2D eigenvalue weighted by molar-refractivity contribution is 5.85. The molecule has 0 fully saturated rings. The van der Waals surface area contributed by atoms with Crippen molar-refractivity contribution in [1.29, 1.82) is 0 Å². The molecule has 0 spiro atoms. The first-order valence-corrected chi connectivity index (χ1v) is 9.44. The van der Waals surface area contributed by atoms with E-state index >= 15 is 0 Å². The van der Waals surface area contributed by atoms with Gasteiger partial charge in [0.1, 0.15) is 18.1 Å². The van der Waals surface area contributed by atoms with E-state index < -0.39 is 0 Å². The van der Waals surface area contributed by atoms with E-state index in [1.807, 2.05) is 18.2 Å². The van der Waals surface area contributed by atoms with Crippen molar-refractivity contribution in [3.05, 3.63) is 95.6 Å². The summed E-state index contributed by atoms with van der Waals surface area (Å²) in [5.74, 6) is 1.86. The van der Waals surface area contributed by atoms with Crippen LogP contribution in [0.5, 0.6) is 11.5 Å². The number of halogens is 1. The quantitative estimate of drug-likeness (QED) is 0.578. The summed E-state index contributed by atoms with van der Waals surface area (Å²) in [6, 6.07) is 27.6. The van der Waals surface area contributed by atoms with Gasteiger partial charge in [0.05, 0.1) is 7.11 Å². The van der Waals surface area contributed by atoms with Crippen LogP contribution in [0.4, 0.5) is 0 Å². The van der Waals surface area contributed by atoms with Crippen LogP contribution in [0.25, 0.3) is 0 Å². The molecule has 3 nitrogen and oxygen atoms in total. The maximum Gasteiger partial charge on any atom is 0.126 e. The van der Waals surface area contributed by atoms with Gasteiger partial charge in [-0.15, -0.1) is 12.4 Å². The van der Waals surface area contributed by atoms with Gasteiger partial charge in [-0.25, -0.2) is 0 Å². The molecule has 3 aromatic rings. The third kappa shape index (κ3) is 4.67. The standard InChI is InChI=1S/C24H25NO2.ClH/c1-26-23-13-8-14-24-22(23)15-21(18-27-24)25(16-19-9-4-2-5-10-19)17-20-11-6-3-7-12-20;/h2-14,21H,15-18H2,1H3;1H. The van der Waals surface area contributed by atoms with Crippen LogP contribution in [0.1, 0.15) is 16.7 Å². The molecule has 0 radical (unpaired) electrons. The molecule has 0 saturated heterocycles. The van der Waals surface area contributed by atoms with Crippen LogP contribution < -0.4 is 9.47 Å². The van der Waals surface area contributed by atoms with E-state index in [-0.39, 0.29) is 12.4 Å². The molecule has 28 heavy (non-hydrogen) atoms. The van der Waals surface area contributed by atoms with Crippen LogP contribution in [0.2, 0.25) is 0 Å². The molecule has 0 aliphatic carbocycles. The van der Waals surface area contributed by atoms with Gasteiger partial charge in [-0.05, 0) is 29.7 Å². The van der Waals surface area contributed by atoms with Crippen molar-refractivity contribution < 1.29 is 9.47 Å². The van der Waals surface area contributed by atoms with Crippen molar-refractivity contribution in [1.82, 2.24) is 4.90 Å². The van der Waals surface area contributed by atoms with Gasteiger partial charge >= 0.3 is 0 Å². The Morgan fingerprint density at radius 2 is 1.46 bits per heavy atom. The first-order valence-electron chi connectivity index (χ1n) is 9.44. The molecule has 0 amide bonds. The van der Waals surface area contributed by atoms with Gasteiger partial charge in [-0.2, -0.15) is 0 Å². The number of fused-ring (bicyclic) bond motifs is 1. The Morgan fingerprint density at radius 3 is 2.04 bits per heavy atom. The molecule has 1 atom stereocenters. The van der Waals surface area contributed by atoms with Crippen molar-refractivity contribution in [3.63, 3.8) is 0 Å². The lowest BCUT2D eigenvalue weighted by atomic mass is 9.99. The summed E-state index contributed by atoms with van der Waals surface area (Å²) in [5.41, 5.74) is 3.81. The lowest BCUT2D eigenvalue weighted by Gasteiger charge is -2.35. The first-order chi connectivity index (χ1) is 13.3. The number of methoxy groups -OCH3 is 1. The fourth-order valence-corrected chi connectivity index (χ4v) is 3.74. The summed E-state index contributed by atoms with van der Waals surface area (Å²) < 4.78 is 11.7. The Balaban J connectivity index is 0.00000225. The van der Waals surface area contributed by atoms with Gasteiger partial charge in [0.15, 0.2) is 0 Å². The number of nitrogens with zero attached hydrogens (tertiary/aromatic N) is 1. The summed E-state index contributed by atoms with van der Waals surface area (Å²) in [4.78, 5) is 2.51. The Hall–Kier alpha value is -2.49. The molecule has 1 aliphatic rings. The number of hydrogen-bond donors (Lipinski definition) is 0. The molecule has 1 unspecified atom stereocenters. The molecule has 1 heterocycles. The molecule has 4 rings (SSSR count). The Labute approximate surface area is 173 Å². The maximum atomic E-state index is 6.11. The van der Waals surface area contributed by atoms with Crippen LogP contribution >= 0.6 is 12.4 Å². The molecule has 146 valence electrons. The van der Waals surface area contributed by atoms with Gasteiger partial charge in [0, 0.05) is 24.7 Å². The average Bonchev–Trinajstić information content (AvgIpc) is 2.74. The maximum absolute atomic E-state index is 6.11. The minimum absolute atomic E-state index is 0. The second-order valence-electron chi connectivity index (χ2n) is 6.98. The SMILES string of the molecule is COc1cccc2c1CC(N(Cc1ccccc1)Cc1ccccc1)CO2.Cl. The van der Waals surface area contributed by atoms with E-state index in [2.05, 4.69) is 65.6 Å². The van der Waals surface area contributed by atoms with Crippen LogP contribution in [0, 0.1) is 0 Å². The molecule has 0 N–H and O–H groups in total. The zero-order chi connectivity index (χ0) is 18.5. The number of ether oxygens (including phenoxy) is 2. The van der Waals surface area contributed by atoms with Gasteiger partial charge in [-0.1, -0.05) is 66.7 Å². The van der Waals surface area contributed by atoms with Crippen molar-refractivity contribution in [3.8, 4) is 11.5 Å². The molecule has 3 aromatic carbocycles. The zero-order valence-corrected chi connectivity index (χ0v) is 16.9. The smallest absolute Gasteiger partial charge is 0.126 e. The summed E-state index contributed by atoms with van der Waals surface area (Å²) >= 11 is 0. The van der Waals surface area contributed by atoms with Crippen molar-refractivity contribution in [2.24, 2.45) is 0 Å². The monoisotopic (exact) mass is 395 g/mol. The molecule has 4 heteroatoms. The summed E-state index contributed by atoms with van der Waals surface area (Å²) in [7, 11) is 1.73. The van der Waals surface area contributed by atoms with Crippen molar-refractivity contribution in [2.45, 2.75) is 25.6 Å². The van der Waals surface area contributed by atoms with Crippen LogP contribution in [0.3, 0.4) is 0 Å². The van der Waals surface area contributed by atoms with Gasteiger partial charge in [0.2, 0.25) is 0 Å². The lowest BCUT2D eigenvalue weighted by Crippen LogP contribution is -2.42. The molecule has 1 aliphatic heterocycles. The summed E-state index contributed by atoms with van der Waals surface area (Å²) in [6.07, 6.45) is 0.930. The Kier molecular flexibility index (Phi) is 6.96. The van der Waals surface area contributed by atoms with E-state index in [1.54, 1.807) is 7.11 Å². The van der Waals surface area contributed by atoms with E-state index in [9.17, 15) is 0 Å². The molecule has 0 aromatic heterocycles.